The van der Waals surface area contributed by atoms with Gasteiger partial charge in [0.15, 0.2) is 0 Å². The summed E-state index contributed by atoms with van der Waals surface area (Å²) in [6, 6.07) is 5.18. The summed E-state index contributed by atoms with van der Waals surface area (Å²) in [5.74, 6) is 0.454. The van der Waals surface area contributed by atoms with Gasteiger partial charge in [-0.15, -0.1) is 11.3 Å². The minimum atomic E-state index is 0.375. The number of likely N-dealkylation sites (N-methyl/N-ethyl adjacent to an activating group) is 1. The summed E-state index contributed by atoms with van der Waals surface area (Å²) in [6.45, 7) is 5.91. The van der Waals surface area contributed by atoms with Gasteiger partial charge in [-0.25, -0.2) is 0 Å². The highest BCUT2D eigenvalue weighted by Crippen LogP contribution is 2.17. The Morgan fingerprint density at radius 3 is 2.67 bits per heavy atom. The van der Waals surface area contributed by atoms with Crippen LogP contribution in [0, 0.1) is 5.92 Å². The Kier molecular flexibility index (Phi) is 6.86. The van der Waals surface area contributed by atoms with Crippen molar-refractivity contribution in [3.63, 3.8) is 0 Å². The van der Waals surface area contributed by atoms with Gasteiger partial charge in [-0.2, -0.15) is 0 Å². The number of hydrogen-bond donors (Lipinski definition) is 1. The number of methoxy groups -OCH3 is 1. The lowest BCUT2D eigenvalue weighted by molar-refractivity contribution is 0.0804. The molecule has 0 amide bonds. The average molecular weight is 270 g/mol. The van der Waals surface area contributed by atoms with Crippen LogP contribution < -0.4 is 5.73 Å². The Hall–Kier alpha value is -0.420. The van der Waals surface area contributed by atoms with E-state index in [1.54, 1.807) is 7.11 Å². The van der Waals surface area contributed by atoms with Gasteiger partial charge in [0.25, 0.3) is 0 Å². The Labute approximate surface area is 115 Å². The van der Waals surface area contributed by atoms with Crippen molar-refractivity contribution in [3.8, 4) is 0 Å². The highest BCUT2D eigenvalue weighted by Gasteiger charge is 2.24. The molecule has 2 N–H and O–H groups in total. The van der Waals surface area contributed by atoms with E-state index < -0.39 is 0 Å². The second-order valence-corrected chi connectivity index (χ2v) is 6.07. The molecule has 0 spiro atoms. The Morgan fingerprint density at radius 1 is 1.44 bits per heavy atom. The monoisotopic (exact) mass is 270 g/mol. The van der Waals surface area contributed by atoms with Crippen molar-refractivity contribution < 1.29 is 4.74 Å². The van der Waals surface area contributed by atoms with Gasteiger partial charge in [-0.1, -0.05) is 13.0 Å². The lowest BCUT2D eigenvalue weighted by atomic mass is 9.99. The number of ether oxygens (including phenoxy) is 1. The van der Waals surface area contributed by atoms with Gasteiger partial charge in [-0.3, -0.25) is 4.90 Å². The van der Waals surface area contributed by atoms with Gasteiger partial charge in [-0.05, 0) is 37.8 Å². The fraction of sp³-hybridized carbons (Fsp3) is 0.714. The van der Waals surface area contributed by atoms with Crippen molar-refractivity contribution in [1.29, 1.82) is 0 Å². The zero-order valence-corrected chi connectivity index (χ0v) is 12.7. The zero-order valence-electron chi connectivity index (χ0n) is 11.9. The Balaban J connectivity index is 2.56. The molecule has 0 bridgehead atoms. The van der Waals surface area contributed by atoms with Crippen LogP contribution >= 0.6 is 11.3 Å². The second kappa shape index (κ2) is 7.89. The second-order valence-electron chi connectivity index (χ2n) is 5.03. The number of nitrogens with zero attached hydrogens (tertiary/aromatic N) is 1. The maximum absolute atomic E-state index is 5.92. The first-order valence-corrected chi connectivity index (χ1v) is 7.41. The molecule has 0 saturated carbocycles. The fourth-order valence-corrected chi connectivity index (χ4v) is 3.19. The molecule has 3 unspecified atom stereocenters. The van der Waals surface area contributed by atoms with Crippen LogP contribution in [0.5, 0.6) is 0 Å². The molecule has 1 aromatic rings. The number of nitrogens with two attached hydrogens (primary N) is 1. The van der Waals surface area contributed by atoms with E-state index in [0.29, 0.717) is 24.5 Å². The topological polar surface area (TPSA) is 38.5 Å². The van der Waals surface area contributed by atoms with Crippen molar-refractivity contribution >= 4 is 11.3 Å². The van der Waals surface area contributed by atoms with E-state index in [-0.39, 0.29) is 0 Å². The first kappa shape index (κ1) is 15.6. The van der Waals surface area contributed by atoms with E-state index >= 15 is 0 Å². The minimum Gasteiger partial charge on any atom is -0.384 e. The van der Waals surface area contributed by atoms with E-state index in [9.17, 15) is 0 Å². The SMILES string of the molecule is COCC(C)C(CN)N(C)C(C)Cc1cccs1. The van der Waals surface area contributed by atoms with E-state index in [4.69, 9.17) is 10.5 Å². The predicted molar refractivity (Wildman–Crippen MR) is 79.1 cm³/mol. The average Bonchev–Trinajstić information content (AvgIpc) is 2.83. The van der Waals surface area contributed by atoms with Gasteiger partial charge >= 0.3 is 0 Å². The van der Waals surface area contributed by atoms with Crippen LogP contribution in [0.4, 0.5) is 0 Å². The number of thiophene rings is 1. The van der Waals surface area contributed by atoms with Gasteiger partial charge in [0.2, 0.25) is 0 Å². The normalized spacial score (nSPS) is 16.8. The van der Waals surface area contributed by atoms with Crippen LogP contribution in [-0.4, -0.2) is 44.3 Å². The van der Waals surface area contributed by atoms with E-state index in [1.165, 1.54) is 4.88 Å². The third kappa shape index (κ3) is 4.35. The molecule has 3 nitrogen and oxygen atoms in total. The number of hydrogen-bond acceptors (Lipinski definition) is 4. The summed E-state index contributed by atoms with van der Waals surface area (Å²) in [7, 11) is 3.92. The molecule has 0 fully saturated rings. The maximum Gasteiger partial charge on any atom is 0.0503 e. The molecule has 0 aliphatic rings. The first-order valence-electron chi connectivity index (χ1n) is 6.53. The first-order chi connectivity index (χ1) is 8.60. The highest BCUT2D eigenvalue weighted by molar-refractivity contribution is 7.09. The molecule has 3 atom stereocenters. The summed E-state index contributed by atoms with van der Waals surface area (Å²) in [5, 5.41) is 2.13. The van der Waals surface area contributed by atoms with Gasteiger partial charge < -0.3 is 10.5 Å². The van der Waals surface area contributed by atoms with Gasteiger partial charge in [0, 0.05) is 30.6 Å². The Bertz CT molecular complexity index is 316. The third-order valence-corrected chi connectivity index (χ3v) is 4.52. The standard InChI is InChI=1S/C14H26N2OS/c1-11(10-17-4)14(9-15)16(3)12(2)8-13-6-5-7-18-13/h5-7,11-12,14H,8-10,15H2,1-4H3. The van der Waals surface area contributed by atoms with Gasteiger partial charge in [0.05, 0.1) is 6.61 Å². The molecular weight excluding hydrogens is 244 g/mol. The summed E-state index contributed by atoms with van der Waals surface area (Å²) in [6.07, 6.45) is 1.09. The zero-order chi connectivity index (χ0) is 13.5. The van der Waals surface area contributed by atoms with Crippen molar-refractivity contribution in [2.45, 2.75) is 32.4 Å². The smallest absolute Gasteiger partial charge is 0.0503 e. The third-order valence-electron chi connectivity index (χ3n) is 3.62. The fourth-order valence-electron chi connectivity index (χ4n) is 2.36. The van der Waals surface area contributed by atoms with Crippen molar-refractivity contribution in [3.05, 3.63) is 22.4 Å². The molecule has 4 heteroatoms. The maximum atomic E-state index is 5.92. The summed E-state index contributed by atoms with van der Waals surface area (Å²) in [5.41, 5.74) is 5.92. The molecule has 0 aliphatic heterocycles. The van der Waals surface area contributed by atoms with Crippen LogP contribution in [-0.2, 0) is 11.2 Å². The van der Waals surface area contributed by atoms with Crippen LogP contribution in [0.15, 0.2) is 17.5 Å². The van der Waals surface area contributed by atoms with Crippen molar-refractivity contribution in [2.24, 2.45) is 11.7 Å². The highest BCUT2D eigenvalue weighted by atomic mass is 32.1. The largest absolute Gasteiger partial charge is 0.384 e. The van der Waals surface area contributed by atoms with E-state index in [1.807, 2.05) is 11.3 Å². The molecule has 1 rings (SSSR count). The molecule has 18 heavy (non-hydrogen) atoms. The lowest BCUT2D eigenvalue weighted by Gasteiger charge is -2.36. The summed E-state index contributed by atoms with van der Waals surface area (Å²) in [4.78, 5) is 3.83. The molecule has 0 radical (unpaired) electrons. The van der Waals surface area contributed by atoms with Crippen LogP contribution in [0.2, 0.25) is 0 Å². The summed E-state index contributed by atoms with van der Waals surface area (Å²) < 4.78 is 5.24. The van der Waals surface area contributed by atoms with Gasteiger partial charge in [0.1, 0.15) is 0 Å². The molecule has 0 aliphatic carbocycles. The van der Waals surface area contributed by atoms with E-state index in [0.717, 1.165) is 13.0 Å². The molecule has 104 valence electrons. The minimum absolute atomic E-state index is 0.375. The van der Waals surface area contributed by atoms with Crippen LogP contribution in [0.25, 0.3) is 0 Å². The van der Waals surface area contributed by atoms with Crippen molar-refractivity contribution in [1.82, 2.24) is 4.90 Å². The molecule has 1 aromatic heterocycles. The van der Waals surface area contributed by atoms with Crippen molar-refractivity contribution in [2.75, 3.05) is 27.3 Å². The lowest BCUT2D eigenvalue weighted by Crippen LogP contribution is -2.48. The molecule has 0 saturated heterocycles. The number of rotatable bonds is 8. The quantitative estimate of drug-likeness (QED) is 0.787. The molecule has 1 heterocycles. The summed E-state index contributed by atoms with van der Waals surface area (Å²) >= 11 is 1.82. The van der Waals surface area contributed by atoms with Crippen LogP contribution in [0.1, 0.15) is 18.7 Å². The molecular formula is C14H26N2OS. The molecule has 0 aromatic carbocycles. The predicted octanol–water partition coefficient (Wildman–Crippen LogP) is 2.22. The van der Waals surface area contributed by atoms with Crippen LogP contribution in [0.3, 0.4) is 0 Å². The van der Waals surface area contributed by atoms with E-state index in [2.05, 4.69) is 43.3 Å². The Morgan fingerprint density at radius 2 is 2.17 bits per heavy atom.